The summed E-state index contributed by atoms with van der Waals surface area (Å²) in [6.07, 6.45) is 2.84. The second-order valence-electron chi connectivity index (χ2n) is 3.36. The number of nitrogens with zero attached hydrogens (tertiary/aromatic N) is 3. The molecule has 0 fully saturated rings. The molecule has 2 heterocycles. The summed E-state index contributed by atoms with van der Waals surface area (Å²) in [6.45, 7) is 0.0363. The lowest BCUT2D eigenvalue weighted by atomic mass is 10.4. The number of halogens is 1. The Labute approximate surface area is 96.3 Å². The number of amides is 1. The van der Waals surface area contributed by atoms with E-state index >= 15 is 0 Å². The Kier molecular flexibility index (Phi) is 2.99. The van der Waals surface area contributed by atoms with E-state index in [9.17, 15) is 9.18 Å². The fourth-order valence-electron chi connectivity index (χ4n) is 1.26. The van der Waals surface area contributed by atoms with E-state index in [1.54, 1.807) is 12.3 Å². The van der Waals surface area contributed by atoms with Gasteiger partial charge in [-0.05, 0) is 18.2 Å². The second-order valence-corrected chi connectivity index (χ2v) is 3.36. The van der Waals surface area contributed by atoms with E-state index in [-0.39, 0.29) is 12.5 Å². The molecule has 7 heteroatoms. The van der Waals surface area contributed by atoms with Crippen LogP contribution in [0.25, 0.3) is 0 Å². The fourth-order valence-corrected chi connectivity index (χ4v) is 1.26. The first-order valence-corrected chi connectivity index (χ1v) is 4.84. The lowest BCUT2D eigenvalue weighted by molar-refractivity contribution is -0.116. The van der Waals surface area contributed by atoms with Gasteiger partial charge in [0.2, 0.25) is 11.9 Å². The molecule has 3 N–H and O–H groups in total. The first-order valence-electron chi connectivity index (χ1n) is 4.84. The van der Waals surface area contributed by atoms with Gasteiger partial charge in [-0.3, -0.25) is 9.48 Å². The molecule has 88 valence electrons. The molecule has 2 aromatic heterocycles. The summed E-state index contributed by atoms with van der Waals surface area (Å²) in [6, 6.07) is 4.19. The van der Waals surface area contributed by atoms with Crippen molar-refractivity contribution in [3.8, 4) is 0 Å². The molecule has 0 aliphatic heterocycles. The second kappa shape index (κ2) is 4.60. The van der Waals surface area contributed by atoms with Gasteiger partial charge in [0.15, 0.2) is 0 Å². The summed E-state index contributed by atoms with van der Waals surface area (Å²) in [7, 11) is 0. The van der Waals surface area contributed by atoms with Gasteiger partial charge in [-0.1, -0.05) is 0 Å². The third-order valence-corrected chi connectivity index (χ3v) is 1.98. The van der Waals surface area contributed by atoms with Crippen molar-refractivity contribution < 1.29 is 9.18 Å². The Bertz CT molecular complexity index is 522. The molecule has 6 nitrogen and oxygen atoms in total. The number of nitrogen functional groups attached to an aromatic ring is 1. The van der Waals surface area contributed by atoms with Crippen LogP contribution in [0.3, 0.4) is 0 Å². The summed E-state index contributed by atoms with van der Waals surface area (Å²) < 4.78 is 13.9. The zero-order valence-electron chi connectivity index (χ0n) is 8.80. The fraction of sp³-hybridized carbons (Fsp3) is 0.100. The molecule has 0 unspecified atom stereocenters. The van der Waals surface area contributed by atoms with Crippen LogP contribution in [0.15, 0.2) is 30.6 Å². The molecule has 0 aliphatic rings. The normalized spacial score (nSPS) is 10.2. The maximum atomic E-state index is 12.5. The van der Waals surface area contributed by atoms with Crippen molar-refractivity contribution in [3.05, 3.63) is 36.5 Å². The van der Waals surface area contributed by atoms with Crippen LogP contribution in [0.5, 0.6) is 0 Å². The number of pyridine rings is 1. The van der Waals surface area contributed by atoms with Gasteiger partial charge in [0.25, 0.3) is 0 Å². The van der Waals surface area contributed by atoms with Crippen molar-refractivity contribution >= 4 is 17.4 Å². The standard InChI is InChI=1S/C10H10FN5O/c11-8-2-1-7(5-13-8)14-10(17)6-16-4-3-9(12)15-16/h1-5H,6H2,(H2,12,15)(H,14,17). The molecule has 2 rings (SSSR count). The Morgan fingerprint density at radius 1 is 1.47 bits per heavy atom. The zero-order chi connectivity index (χ0) is 12.3. The Balaban J connectivity index is 1.95. The van der Waals surface area contributed by atoms with Crippen molar-refractivity contribution in [1.29, 1.82) is 0 Å². The van der Waals surface area contributed by atoms with Crippen molar-refractivity contribution in [1.82, 2.24) is 14.8 Å². The van der Waals surface area contributed by atoms with Gasteiger partial charge < -0.3 is 11.1 Å². The lowest BCUT2D eigenvalue weighted by Crippen LogP contribution is -2.19. The van der Waals surface area contributed by atoms with Crippen LogP contribution in [0.1, 0.15) is 0 Å². The number of hydrogen-bond donors (Lipinski definition) is 2. The van der Waals surface area contributed by atoms with Crippen LogP contribution in [0.4, 0.5) is 15.9 Å². The molecular formula is C10H10FN5O. The summed E-state index contributed by atoms with van der Waals surface area (Å²) in [4.78, 5) is 15.0. The summed E-state index contributed by atoms with van der Waals surface area (Å²) >= 11 is 0. The highest BCUT2D eigenvalue weighted by molar-refractivity contribution is 5.90. The monoisotopic (exact) mass is 235 g/mol. The summed E-state index contributed by atoms with van der Waals surface area (Å²) in [5.74, 6) is -0.536. The minimum Gasteiger partial charge on any atom is -0.382 e. The maximum Gasteiger partial charge on any atom is 0.246 e. The lowest BCUT2D eigenvalue weighted by Gasteiger charge is -2.04. The van der Waals surface area contributed by atoms with Gasteiger partial charge in [0.05, 0.1) is 11.9 Å². The Hall–Kier alpha value is -2.44. The highest BCUT2D eigenvalue weighted by Crippen LogP contribution is 2.05. The molecule has 0 atom stereocenters. The van der Waals surface area contributed by atoms with Crippen molar-refractivity contribution in [3.63, 3.8) is 0 Å². The number of anilines is 2. The number of nitrogens with one attached hydrogen (secondary N) is 1. The molecule has 0 aromatic carbocycles. The van der Waals surface area contributed by atoms with Crippen LogP contribution in [0, 0.1) is 5.95 Å². The predicted octanol–water partition coefficient (Wildman–Crippen LogP) is 0.638. The van der Waals surface area contributed by atoms with Crippen LogP contribution >= 0.6 is 0 Å². The Morgan fingerprint density at radius 3 is 2.88 bits per heavy atom. The number of nitrogens with two attached hydrogens (primary N) is 1. The average molecular weight is 235 g/mol. The summed E-state index contributed by atoms with van der Waals surface area (Å²) in [5, 5.41) is 6.42. The molecule has 17 heavy (non-hydrogen) atoms. The van der Waals surface area contributed by atoms with Crippen molar-refractivity contribution in [2.75, 3.05) is 11.1 Å². The number of rotatable bonds is 3. The van der Waals surface area contributed by atoms with Gasteiger partial charge in [0.1, 0.15) is 12.4 Å². The third-order valence-electron chi connectivity index (χ3n) is 1.98. The average Bonchev–Trinajstić information content (AvgIpc) is 2.67. The Morgan fingerprint density at radius 2 is 2.29 bits per heavy atom. The van der Waals surface area contributed by atoms with Gasteiger partial charge in [0, 0.05) is 6.20 Å². The number of hydrogen-bond acceptors (Lipinski definition) is 4. The minimum atomic E-state index is -0.595. The molecule has 1 amide bonds. The topological polar surface area (TPSA) is 85.8 Å². The van der Waals surface area contributed by atoms with E-state index in [1.165, 1.54) is 23.0 Å². The molecule has 0 saturated carbocycles. The van der Waals surface area contributed by atoms with Gasteiger partial charge in [-0.2, -0.15) is 9.49 Å². The smallest absolute Gasteiger partial charge is 0.246 e. The first kappa shape index (κ1) is 11.1. The van der Waals surface area contributed by atoms with E-state index in [1.807, 2.05) is 0 Å². The molecular weight excluding hydrogens is 225 g/mol. The predicted molar refractivity (Wildman–Crippen MR) is 59.5 cm³/mol. The quantitative estimate of drug-likeness (QED) is 0.764. The third kappa shape index (κ3) is 3.00. The maximum absolute atomic E-state index is 12.5. The number of aromatic nitrogens is 3. The van der Waals surface area contributed by atoms with E-state index < -0.39 is 5.95 Å². The van der Waals surface area contributed by atoms with Crippen LogP contribution < -0.4 is 11.1 Å². The summed E-state index contributed by atoms with van der Waals surface area (Å²) in [5.41, 5.74) is 5.84. The van der Waals surface area contributed by atoms with Crippen molar-refractivity contribution in [2.24, 2.45) is 0 Å². The van der Waals surface area contributed by atoms with Gasteiger partial charge in [-0.25, -0.2) is 4.98 Å². The van der Waals surface area contributed by atoms with Gasteiger partial charge >= 0.3 is 0 Å². The SMILES string of the molecule is Nc1ccn(CC(=O)Nc2ccc(F)nc2)n1. The number of carbonyl (C=O) groups excluding carboxylic acids is 1. The zero-order valence-corrected chi connectivity index (χ0v) is 8.80. The number of carbonyl (C=O) groups is 1. The van der Waals surface area contributed by atoms with E-state index in [0.29, 0.717) is 11.5 Å². The largest absolute Gasteiger partial charge is 0.382 e. The van der Waals surface area contributed by atoms with E-state index in [2.05, 4.69) is 15.4 Å². The van der Waals surface area contributed by atoms with E-state index in [0.717, 1.165) is 0 Å². The molecule has 0 spiro atoms. The van der Waals surface area contributed by atoms with Gasteiger partial charge in [-0.15, -0.1) is 0 Å². The van der Waals surface area contributed by atoms with Crippen LogP contribution in [-0.4, -0.2) is 20.7 Å². The molecule has 0 radical (unpaired) electrons. The molecule has 0 saturated heterocycles. The molecule has 0 aliphatic carbocycles. The van der Waals surface area contributed by atoms with Crippen LogP contribution in [-0.2, 0) is 11.3 Å². The highest BCUT2D eigenvalue weighted by atomic mass is 19.1. The minimum absolute atomic E-state index is 0.0363. The highest BCUT2D eigenvalue weighted by Gasteiger charge is 2.04. The molecule has 0 bridgehead atoms. The van der Waals surface area contributed by atoms with E-state index in [4.69, 9.17) is 5.73 Å². The first-order chi connectivity index (χ1) is 8.13. The van der Waals surface area contributed by atoms with Crippen molar-refractivity contribution in [2.45, 2.75) is 6.54 Å². The molecule has 2 aromatic rings. The van der Waals surface area contributed by atoms with Crippen LogP contribution in [0.2, 0.25) is 0 Å².